The summed E-state index contributed by atoms with van der Waals surface area (Å²) in [6.45, 7) is 4.35. The number of nitrogens with one attached hydrogen (secondary N) is 1. The highest BCUT2D eigenvalue weighted by atomic mass is 35.5. The molecule has 3 N–H and O–H groups in total. The molecular weight excluding hydrogens is 348 g/mol. The Morgan fingerprint density at radius 2 is 1.88 bits per heavy atom. The number of nitrogens with two attached hydrogens (primary N) is 1. The largest absolute Gasteiger partial charge is 0.366 e. The number of fused-ring (bicyclic) bond motifs is 1. The highest BCUT2D eigenvalue weighted by molar-refractivity contribution is 6.30. The van der Waals surface area contributed by atoms with E-state index in [1.165, 1.54) is 6.33 Å². The van der Waals surface area contributed by atoms with Gasteiger partial charge < -0.3 is 11.1 Å². The summed E-state index contributed by atoms with van der Waals surface area (Å²) in [5, 5.41) is 4.98. The van der Waals surface area contributed by atoms with Crippen LogP contribution in [0.3, 0.4) is 0 Å². The van der Waals surface area contributed by atoms with Gasteiger partial charge in [-0.05, 0) is 42.2 Å². The van der Waals surface area contributed by atoms with Crippen molar-refractivity contribution in [3.8, 4) is 0 Å². The highest BCUT2D eigenvalue weighted by Gasteiger charge is 2.17. The number of amides is 1. The Hall–Kier alpha value is -2.66. The van der Waals surface area contributed by atoms with Crippen molar-refractivity contribution in [1.82, 2.24) is 9.97 Å². The zero-order valence-electron chi connectivity index (χ0n) is 14.7. The number of carbonyl (C=O) groups is 1. The van der Waals surface area contributed by atoms with Crippen molar-refractivity contribution in [2.45, 2.75) is 26.3 Å². The van der Waals surface area contributed by atoms with E-state index < -0.39 is 5.91 Å². The topological polar surface area (TPSA) is 80.9 Å². The summed E-state index contributed by atoms with van der Waals surface area (Å²) in [5.41, 5.74) is 7.54. The van der Waals surface area contributed by atoms with Crippen LogP contribution in [0.5, 0.6) is 0 Å². The van der Waals surface area contributed by atoms with Gasteiger partial charge >= 0.3 is 0 Å². The summed E-state index contributed by atoms with van der Waals surface area (Å²) in [6, 6.07) is 13.2. The van der Waals surface area contributed by atoms with Crippen molar-refractivity contribution in [3.63, 3.8) is 0 Å². The number of primary amides is 1. The molecule has 26 heavy (non-hydrogen) atoms. The van der Waals surface area contributed by atoms with Gasteiger partial charge in [0.1, 0.15) is 12.1 Å². The van der Waals surface area contributed by atoms with Crippen molar-refractivity contribution >= 4 is 34.2 Å². The molecule has 0 fully saturated rings. The fourth-order valence-electron chi connectivity index (χ4n) is 3.01. The second-order valence-electron chi connectivity index (χ2n) is 6.67. The summed E-state index contributed by atoms with van der Waals surface area (Å²) < 4.78 is 0. The number of aromatic nitrogens is 2. The molecule has 1 amide bonds. The van der Waals surface area contributed by atoms with Gasteiger partial charge in [0, 0.05) is 10.4 Å². The number of benzene rings is 2. The molecule has 6 heteroatoms. The molecule has 3 aromatic rings. The van der Waals surface area contributed by atoms with Gasteiger partial charge in [-0.3, -0.25) is 4.79 Å². The predicted molar refractivity (Wildman–Crippen MR) is 105 cm³/mol. The quantitative estimate of drug-likeness (QED) is 0.667. The van der Waals surface area contributed by atoms with Gasteiger partial charge in [0.15, 0.2) is 0 Å². The highest BCUT2D eigenvalue weighted by Crippen LogP contribution is 2.30. The predicted octanol–water partition coefficient (Wildman–Crippen LogP) is 4.58. The van der Waals surface area contributed by atoms with Gasteiger partial charge in [0.25, 0.3) is 5.91 Å². The lowest BCUT2D eigenvalue weighted by molar-refractivity contribution is 0.100. The standard InChI is InChI=1S/C20H21ClN4O/c1-12(2)10-17(13-6-8-14(21)9-7-13)25-20-16-5-3-4-15(19(22)26)18(16)23-11-24-20/h3-9,11-12,17H,10H2,1-2H3,(H2,22,26)(H,23,24,25)/t17-/m1/s1. The zero-order valence-corrected chi connectivity index (χ0v) is 15.5. The molecule has 1 atom stereocenters. The lowest BCUT2D eigenvalue weighted by Gasteiger charge is -2.22. The van der Waals surface area contributed by atoms with E-state index in [-0.39, 0.29) is 6.04 Å². The van der Waals surface area contributed by atoms with Gasteiger partial charge in [-0.25, -0.2) is 9.97 Å². The van der Waals surface area contributed by atoms with E-state index in [0.717, 1.165) is 17.4 Å². The van der Waals surface area contributed by atoms with Gasteiger partial charge in [-0.1, -0.05) is 43.6 Å². The molecule has 5 nitrogen and oxygen atoms in total. The molecule has 134 valence electrons. The number of nitrogens with zero attached hydrogens (tertiary/aromatic N) is 2. The summed E-state index contributed by atoms with van der Waals surface area (Å²) in [6.07, 6.45) is 2.37. The Labute approximate surface area is 157 Å². The Bertz CT molecular complexity index is 925. The van der Waals surface area contributed by atoms with Crippen molar-refractivity contribution in [1.29, 1.82) is 0 Å². The summed E-state index contributed by atoms with van der Waals surface area (Å²) in [5.74, 6) is 0.660. The number of hydrogen-bond acceptors (Lipinski definition) is 4. The van der Waals surface area contributed by atoms with Crippen LogP contribution in [-0.2, 0) is 0 Å². The Morgan fingerprint density at radius 3 is 2.54 bits per heavy atom. The first-order valence-electron chi connectivity index (χ1n) is 8.51. The van der Waals surface area contributed by atoms with Gasteiger partial charge in [0.2, 0.25) is 0 Å². The van der Waals surface area contributed by atoms with Crippen LogP contribution in [0.15, 0.2) is 48.8 Å². The molecule has 0 aliphatic heterocycles. The van der Waals surface area contributed by atoms with Crippen LogP contribution in [0.1, 0.15) is 42.2 Å². The van der Waals surface area contributed by atoms with E-state index in [4.69, 9.17) is 17.3 Å². The number of carbonyl (C=O) groups excluding carboxylic acids is 1. The maximum Gasteiger partial charge on any atom is 0.250 e. The van der Waals surface area contributed by atoms with Crippen LogP contribution in [0, 0.1) is 5.92 Å². The van der Waals surface area contributed by atoms with Crippen molar-refractivity contribution < 1.29 is 4.79 Å². The molecule has 1 aromatic heterocycles. The molecule has 0 aliphatic rings. The Balaban J connectivity index is 2.02. The minimum Gasteiger partial charge on any atom is -0.366 e. The number of halogens is 1. The molecule has 0 spiro atoms. The van der Waals surface area contributed by atoms with Crippen LogP contribution in [0.4, 0.5) is 5.82 Å². The monoisotopic (exact) mass is 368 g/mol. The van der Waals surface area contributed by atoms with E-state index in [0.29, 0.717) is 27.8 Å². The molecular formula is C20H21ClN4O. The van der Waals surface area contributed by atoms with Crippen LogP contribution in [0.2, 0.25) is 5.02 Å². The van der Waals surface area contributed by atoms with Gasteiger partial charge in [0.05, 0.1) is 17.1 Å². The molecule has 0 aliphatic carbocycles. The number of hydrogen-bond donors (Lipinski definition) is 2. The van der Waals surface area contributed by atoms with Gasteiger partial charge in [-0.2, -0.15) is 0 Å². The number of anilines is 1. The van der Waals surface area contributed by atoms with E-state index in [1.807, 2.05) is 30.3 Å². The molecule has 1 heterocycles. The van der Waals surface area contributed by atoms with Crippen molar-refractivity contribution in [3.05, 3.63) is 64.9 Å². The third-order valence-corrected chi connectivity index (χ3v) is 4.47. The lowest BCUT2D eigenvalue weighted by atomic mass is 9.97. The van der Waals surface area contributed by atoms with Crippen LogP contribution in [0.25, 0.3) is 10.9 Å². The van der Waals surface area contributed by atoms with Crippen LogP contribution < -0.4 is 11.1 Å². The molecule has 3 rings (SSSR count). The molecule has 0 radical (unpaired) electrons. The summed E-state index contributed by atoms with van der Waals surface area (Å²) in [7, 11) is 0. The second kappa shape index (κ2) is 7.70. The first kappa shape index (κ1) is 18.1. The second-order valence-corrected chi connectivity index (χ2v) is 7.10. The van der Waals surface area contributed by atoms with E-state index in [1.54, 1.807) is 12.1 Å². The third-order valence-electron chi connectivity index (χ3n) is 4.22. The summed E-state index contributed by atoms with van der Waals surface area (Å²) >= 11 is 6.02. The SMILES string of the molecule is CC(C)C[C@@H](Nc1ncnc2c(C(N)=O)cccc12)c1ccc(Cl)cc1. The Kier molecular flexibility index (Phi) is 5.38. The molecule has 0 saturated carbocycles. The van der Waals surface area contributed by atoms with Crippen molar-refractivity contribution in [2.24, 2.45) is 11.7 Å². The number of rotatable bonds is 6. The molecule has 0 unspecified atom stereocenters. The fourth-order valence-corrected chi connectivity index (χ4v) is 3.14. The average molecular weight is 369 g/mol. The maximum atomic E-state index is 11.7. The molecule has 0 bridgehead atoms. The first-order chi connectivity index (χ1) is 12.5. The van der Waals surface area contributed by atoms with Gasteiger partial charge in [-0.15, -0.1) is 0 Å². The average Bonchev–Trinajstić information content (AvgIpc) is 2.61. The molecule has 2 aromatic carbocycles. The number of para-hydroxylation sites is 1. The lowest BCUT2D eigenvalue weighted by Crippen LogP contribution is -2.16. The van der Waals surface area contributed by atoms with Crippen LogP contribution >= 0.6 is 11.6 Å². The third kappa shape index (κ3) is 3.94. The van der Waals surface area contributed by atoms with Crippen LogP contribution in [-0.4, -0.2) is 15.9 Å². The first-order valence-corrected chi connectivity index (χ1v) is 8.89. The Morgan fingerprint density at radius 1 is 1.15 bits per heavy atom. The zero-order chi connectivity index (χ0) is 18.7. The van der Waals surface area contributed by atoms with E-state index in [9.17, 15) is 4.79 Å². The normalized spacial score (nSPS) is 12.3. The van der Waals surface area contributed by atoms with E-state index >= 15 is 0 Å². The minimum atomic E-state index is -0.503. The smallest absolute Gasteiger partial charge is 0.250 e. The van der Waals surface area contributed by atoms with Crippen molar-refractivity contribution in [2.75, 3.05) is 5.32 Å². The van der Waals surface area contributed by atoms with E-state index in [2.05, 4.69) is 29.1 Å². The maximum absolute atomic E-state index is 11.7. The minimum absolute atomic E-state index is 0.0580. The fraction of sp³-hybridized carbons (Fsp3) is 0.250. The molecule has 0 saturated heterocycles. The summed E-state index contributed by atoms with van der Waals surface area (Å²) in [4.78, 5) is 20.3.